The monoisotopic (exact) mass is 340 g/mol. The third kappa shape index (κ3) is 4.97. The third-order valence-corrected chi connectivity index (χ3v) is 4.20. The molecule has 1 saturated heterocycles. The fourth-order valence-electron chi connectivity index (χ4n) is 2.83. The zero-order chi connectivity index (χ0) is 17.5. The van der Waals surface area contributed by atoms with E-state index in [2.05, 4.69) is 5.32 Å². The van der Waals surface area contributed by atoms with Gasteiger partial charge in [-0.05, 0) is 36.2 Å². The van der Waals surface area contributed by atoms with Crippen molar-refractivity contribution >= 4 is 11.6 Å². The molecule has 3 rings (SSSR count). The molecular formula is C20H24N2O3. The maximum Gasteiger partial charge on any atom is 0.244 e. The van der Waals surface area contributed by atoms with Crippen molar-refractivity contribution in [3.05, 3.63) is 60.2 Å². The zero-order valence-electron chi connectivity index (χ0n) is 14.5. The minimum Gasteiger partial charge on any atom is -0.491 e. The van der Waals surface area contributed by atoms with E-state index in [1.165, 1.54) is 0 Å². The Labute approximate surface area is 148 Å². The lowest BCUT2D eigenvalue weighted by Crippen LogP contribution is -2.30. The first-order valence-corrected chi connectivity index (χ1v) is 8.58. The molecule has 0 spiro atoms. The van der Waals surface area contributed by atoms with Gasteiger partial charge in [-0.15, -0.1) is 0 Å². The summed E-state index contributed by atoms with van der Waals surface area (Å²) in [7, 11) is 1.84. The van der Waals surface area contributed by atoms with Gasteiger partial charge in [0.1, 0.15) is 18.4 Å². The van der Waals surface area contributed by atoms with Gasteiger partial charge in [0.05, 0.1) is 13.2 Å². The van der Waals surface area contributed by atoms with Crippen molar-refractivity contribution in [1.82, 2.24) is 4.90 Å². The number of anilines is 1. The molecule has 1 aliphatic rings. The lowest BCUT2D eigenvalue weighted by atomic mass is 10.2. The van der Waals surface area contributed by atoms with Crippen molar-refractivity contribution in [2.75, 3.05) is 32.1 Å². The smallest absolute Gasteiger partial charge is 0.244 e. The van der Waals surface area contributed by atoms with Crippen LogP contribution in [0.2, 0.25) is 0 Å². The Bertz CT molecular complexity index is 690. The predicted molar refractivity (Wildman–Crippen MR) is 97.7 cm³/mol. The second kappa shape index (κ2) is 8.53. The Hall–Kier alpha value is -2.53. The number of para-hydroxylation sites is 1. The van der Waals surface area contributed by atoms with Crippen LogP contribution in [0.3, 0.4) is 0 Å². The fraction of sp³-hybridized carbons (Fsp3) is 0.350. The van der Waals surface area contributed by atoms with Gasteiger partial charge >= 0.3 is 0 Å². The number of ether oxygens (including phenoxy) is 2. The third-order valence-electron chi connectivity index (χ3n) is 4.20. The van der Waals surface area contributed by atoms with Gasteiger partial charge in [-0.2, -0.15) is 0 Å². The van der Waals surface area contributed by atoms with E-state index in [9.17, 15) is 4.79 Å². The van der Waals surface area contributed by atoms with E-state index in [0.29, 0.717) is 19.8 Å². The molecular weight excluding hydrogens is 316 g/mol. The van der Waals surface area contributed by atoms with Crippen LogP contribution in [-0.4, -0.2) is 43.7 Å². The summed E-state index contributed by atoms with van der Waals surface area (Å²) < 4.78 is 11.3. The molecule has 0 aromatic heterocycles. The molecule has 0 unspecified atom stereocenters. The Morgan fingerprint density at radius 1 is 1.12 bits per heavy atom. The number of likely N-dealkylation sites (N-methyl/N-ethyl adjacent to an activating group) is 1. The number of carbonyl (C=O) groups excluding carboxylic acids is 1. The highest BCUT2D eigenvalue weighted by atomic mass is 16.5. The van der Waals surface area contributed by atoms with Crippen LogP contribution in [0.1, 0.15) is 12.0 Å². The van der Waals surface area contributed by atoms with Crippen molar-refractivity contribution in [2.45, 2.75) is 19.1 Å². The van der Waals surface area contributed by atoms with E-state index in [0.717, 1.165) is 30.0 Å². The number of likely N-dealkylation sites (tertiary alicyclic amines) is 1. The Morgan fingerprint density at radius 2 is 1.96 bits per heavy atom. The standard InChI is InChI=1S/C20H24N2O3/c1-22-11-10-19(20(22)23)21-17-7-5-6-16(14-17)15-24-12-13-25-18-8-3-2-4-9-18/h2-9,14,19,21H,10-13,15H2,1H3/t19-/m0/s1. The average molecular weight is 340 g/mol. The van der Waals surface area contributed by atoms with Crippen molar-refractivity contribution in [1.29, 1.82) is 0 Å². The van der Waals surface area contributed by atoms with Gasteiger partial charge in [0.25, 0.3) is 0 Å². The van der Waals surface area contributed by atoms with Crippen molar-refractivity contribution in [2.24, 2.45) is 0 Å². The highest BCUT2D eigenvalue weighted by Crippen LogP contribution is 2.18. The molecule has 0 aliphatic carbocycles. The van der Waals surface area contributed by atoms with Crippen LogP contribution in [0.15, 0.2) is 54.6 Å². The highest BCUT2D eigenvalue weighted by molar-refractivity contribution is 5.86. The predicted octanol–water partition coefficient (Wildman–Crippen LogP) is 2.92. The van der Waals surface area contributed by atoms with Crippen LogP contribution >= 0.6 is 0 Å². The molecule has 0 saturated carbocycles. The largest absolute Gasteiger partial charge is 0.491 e. The summed E-state index contributed by atoms with van der Waals surface area (Å²) in [4.78, 5) is 13.7. The molecule has 0 bridgehead atoms. The molecule has 132 valence electrons. The molecule has 1 N–H and O–H groups in total. The van der Waals surface area contributed by atoms with Crippen molar-refractivity contribution < 1.29 is 14.3 Å². The van der Waals surface area contributed by atoms with Gasteiger partial charge in [-0.1, -0.05) is 30.3 Å². The molecule has 1 amide bonds. The summed E-state index contributed by atoms with van der Waals surface area (Å²) in [6.45, 7) is 2.37. The number of carbonyl (C=O) groups is 1. The number of amides is 1. The normalized spacial score (nSPS) is 16.9. The number of nitrogens with zero attached hydrogens (tertiary/aromatic N) is 1. The van der Waals surface area contributed by atoms with E-state index in [4.69, 9.17) is 9.47 Å². The second-order valence-corrected chi connectivity index (χ2v) is 6.16. The SMILES string of the molecule is CN1CC[C@H](Nc2cccc(COCCOc3ccccc3)c2)C1=O. The average Bonchev–Trinajstić information content (AvgIpc) is 2.95. The van der Waals surface area contributed by atoms with Crippen LogP contribution in [0, 0.1) is 0 Å². The van der Waals surface area contributed by atoms with E-state index in [1.807, 2.05) is 61.6 Å². The Balaban J connectivity index is 1.42. The molecule has 1 heterocycles. The first-order valence-electron chi connectivity index (χ1n) is 8.58. The van der Waals surface area contributed by atoms with Crippen LogP contribution in [-0.2, 0) is 16.1 Å². The lowest BCUT2D eigenvalue weighted by molar-refractivity contribution is -0.127. The van der Waals surface area contributed by atoms with Crippen LogP contribution in [0.4, 0.5) is 5.69 Å². The topological polar surface area (TPSA) is 50.8 Å². The molecule has 1 fully saturated rings. The van der Waals surface area contributed by atoms with Gasteiger partial charge in [0.15, 0.2) is 0 Å². The number of benzene rings is 2. The van der Waals surface area contributed by atoms with Crippen molar-refractivity contribution in [3.63, 3.8) is 0 Å². The second-order valence-electron chi connectivity index (χ2n) is 6.16. The van der Waals surface area contributed by atoms with Gasteiger partial charge in [0, 0.05) is 19.3 Å². The summed E-state index contributed by atoms with van der Waals surface area (Å²) >= 11 is 0. The molecule has 25 heavy (non-hydrogen) atoms. The van der Waals surface area contributed by atoms with E-state index in [1.54, 1.807) is 4.90 Å². The number of hydrogen-bond donors (Lipinski definition) is 1. The molecule has 5 heteroatoms. The fourth-order valence-corrected chi connectivity index (χ4v) is 2.83. The summed E-state index contributed by atoms with van der Waals surface area (Å²) in [6.07, 6.45) is 0.840. The quantitative estimate of drug-likeness (QED) is 0.751. The molecule has 2 aromatic carbocycles. The maximum atomic E-state index is 12.0. The first-order chi connectivity index (χ1) is 12.2. The minimum atomic E-state index is -0.125. The minimum absolute atomic E-state index is 0.125. The number of rotatable bonds is 8. The first kappa shape index (κ1) is 17.3. The Morgan fingerprint density at radius 3 is 2.72 bits per heavy atom. The molecule has 5 nitrogen and oxygen atoms in total. The van der Waals surface area contributed by atoms with Crippen LogP contribution < -0.4 is 10.1 Å². The molecule has 1 aliphatic heterocycles. The van der Waals surface area contributed by atoms with Gasteiger partial charge in [0.2, 0.25) is 5.91 Å². The molecule has 2 aromatic rings. The summed E-state index contributed by atoms with van der Waals surface area (Å²) in [5.74, 6) is 1.00. The van der Waals surface area contributed by atoms with Gasteiger partial charge < -0.3 is 19.7 Å². The molecule has 0 radical (unpaired) electrons. The number of nitrogens with one attached hydrogen (secondary N) is 1. The van der Waals surface area contributed by atoms with Crippen molar-refractivity contribution in [3.8, 4) is 5.75 Å². The maximum absolute atomic E-state index is 12.0. The summed E-state index contributed by atoms with van der Waals surface area (Å²) in [5.41, 5.74) is 2.03. The van der Waals surface area contributed by atoms with Gasteiger partial charge in [-0.25, -0.2) is 0 Å². The van der Waals surface area contributed by atoms with Crippen LogP contribution in [0.25, 0.3) is 0 Å². The Kier molecular flexibility index (Phi) is 5.90. The zero-order valence-corrected chi connectivity index (χ0v) is 14.5. The molecule has 1 atom stereocenters. The highest BCUT2D eigenvalue weighted by Gasteiger charge is 2.28. The number of hydrogen-bond acceptors (Lipinski definition) is 4. The van der Waals surface area contributed by atoms with Gasteiger partial charge in [-0.3, -0.25) is 4.79 Å². The van der Waals surface area contributed by atoms with Crippen LogP contribution in [0.5, 0.6) is 5.75 Å². The van der Waals surface area contributed by atoms with E-state index in [-0.39, 0.29) is 11.9 Å². The van der Waals surface area contributed by atoms with E-state index < -0.39 is 0 Å². The summed E-state index contributed by atoms with van der Waals surface area (Å²) in [5, 5.41) is 3.31. The lowest BCUT2D eigenvalue weighted by Gasteiger charge is -2.14. The summed E-state index contributed by atoms with van der Waals surface area (Å²) in [6, 6.07) is 17.6. The van der Waals surface area contributed by atoms with E-state index >= 15 is 0 Å².